The molecule has 2 N–H and O–H groups in total. The van der Waals surface area contributed by atoms with Crippen LogP contribution in [0, 0.1) is 23.7 Å². The van der Waals surface area contributed by atoms with Crippen LogP contribution in [0.25, 0.3) is 0 Å². The Balaban J connectivity index is 1.93. The highest BCUT2D eigenvalue weighted by molar-refractivity contribution is 5.13. The second-order valence-corrected chi connectivity index (χ2v) is 9.09. The van der Waals surface area contributed by atoms with Crippen molar-refractivity contribution in [1.29, 1.82) is 0 Å². The Kier molecular flexibility index (Phi) is 4.44. The van der Waals surface area contributed by atoms with Gasteiger partial charge in [-0.25, -0.2) is 0 Å². The van der Waals surface area contributed by atoms with Gasteiger partial charge in [-0.15, -0.1) is 0 Å². The summed E-state index contributed by atoms with van der Waals surface area (Å²) in [5.74, 6) is 1.89. The molecule has 2 saturated carbocycles. The van der Waals surface area contributed by atoms with Crippen molar-refractivity contribution < 1.29 is 14.9 Å². The van der Waals surface area contributed by atoms with E-state index in [4.69, 9.17) is 4.74 Å². The number of epoxide rings is 1. The highest BCUT2D eigenvalue weighted by atomic mass is 16.6. The summed E-state index contributed by atoms with van der Waals surface area (Å²) in [5.41, 5.74) is 0.170. The van der Waals surface area contributed by atoms with E-state index in [-0.39, 0.29) is 17.6 Å². The van der Waals surface area contributed by atoms with Crippen molar-refractivity contribution in [3.8, 4) is 0 Å². The smallest absolute Gasteiger partial charge is 0.0924 e. The van der Waals surface area contributed by atoms with Crippen molar-refractivity contribution in [2.45, 2.75) is 89.6 Å². The molecule has 1 aliphatic heterocycles. The van der Waals surface area contributed by atoms with Gasteiger partial charge in [-0.2, -0.15) is 0 Å². The number of hydrogen-bond donors (Lipinski definition) is 2. The molecule has 23 heavy (non-hydrogen) atoms. The molecule has 7 unspecified atom stereocenters. The fraction of sp³-hybridized carbons (Fsp3) is 0.900. The zero-order valence-corrected chi connectivity index (χ0v) is 15.2. The van der Waals surface area contributed by atoms with E-state index in [0.29, 0.717) is 17.8 Å². The summed E-state index contributed by atoms with van der Waals surface area (Å²) < 4.78 is 6.21. The Morgan fingerprint density at radius 1 is 1.17 bits per heavy atom. The number of aliphatic hydroxyl groups is 2. The first-order valence-electron chi connectivity index (χ1n) is 9.41. The van der Waals surface area contributed by atoms with Gasteiger partial charge in [0.05, 0.1) is 23.4 Å². The first-order valence-corrected chi connectivity index (χ1v) is 9.41. The first-order chi connectivity index (χ1) is 10.7. The normalized spacial score (nSPS) is 51.1. The molecule has 0 aromatic carbocycles. The summed E-state index contributed by atoms with van der Waals surface area (Å²) in [6, 6.07) is 0. The van der Waals surface area contributed by atoms with Crippen LogP contribution in [0.4, 0.5) is 0 Å². The largest absolute Gasteiger partial charge is 0.390 e. The molecule has 0 aromatic heterocycles. The molecular formula is C20H34O3. The summed E-state index contributed by atoms with van der Waals surface area (Å²) in [6.07, 6.45) is 5.12. The van der Waals surface area contributed by atoms with Gasteiger partial charge in [0.1, 0.15) is 0 Å². The van der Waals surface area contributed by atoms with Crippen LogP contribution in [-0.4, -0.2) is 33.6 Å². The SMILES string of the molecule is C=C1CCC2C(C(C(C)C)CCC2(C)O)C2OC2(C)CCC1O. The average Bonchev–Trinajstić information content (AvgIpc) is 3.13. The molecule has 3 aliphatic rings. The van der Waals surface area contributed by atoms with Crippen molar-refractivity contribution >= 4 is 0 Å². The zero-order chi connectivity index (χ0) is 17.0. The van der Waals surface area contributed by atoms with E-state index in [2.05, 4.69) is 27.4 Å². The Morgan fingerprint density at radius 2 is 1.87 bits per heavy atom. The van der Waals surface area contributed by atoms with Gasteiger partial charge in [-0.05, 0) is 81.6 Å². The topological polar surface area (TPSA) is 53.0 Å². The second-order valence-electron chi connectivity index (χ2n) is 9.09. The number of rotatable bonds is 1. The minimum absolute atomic E-state index is 0.123. The van der Waals surface area contributed by atoms with Gasteiger partial charge < -0.3 is 14.9 Å². The van der Waals surface area contributed by atoms with E-state index in [1.54, 1.807) is 0 Å². The first kappa shape index (κ1) is 17.4. The van der Waals surface area contributed by atoms with Gasteiger partial charge in [0.15, 0.2) is 0 Å². The zero-order valence-electron chi connectivity index (χ0n) is 15.2. The minimum Gasteiger partial charge on any atom is -0.390 e. The van der Waals surface area contributed by atoms with Gasteiger partial charge in [0.25, 0.3) is 0 Å². The van der Waals surface area contributed by atoms with Gasteiger partial charge in [-0.3, -0.25) is 0 Å². The van der Waals surface area contributed by atoms with Crippen LogP contribution < -0.4 is 0 Å². The van der Waals surface area contributed by atoms with Crippen LogP contribution in [0.5, 0.6) is 0 Å². The van der Waals surface area contributed by atoms with E-state index in [1.165, 1.54) is 0 Å². The highest BCUT2D eigenvalue weighted by Gasteiger charge is 2.62. The van der Waals surface area contributed by atoms with Crippen molar-refractivity contribution in [3.63, 3.8) is 0 Å². The second kappa shape index (κ2) is 5.86. The maximum Gasteiger partial charge on any atom is 0.0924 e. The molecule has 2 aliphatic carbocycles. The Morgan fingerprint density at radius 3 is 2.52 bits per heavy atom. The third-order valence-electron chi connectivity index (χ3n) is 7.05. The molecule has 0 bridgehead atoms. The van der Waals surface area contributed by atoms with E-state index in [0.717, 1.165) is 44.1 Å². The van der Waals surface area contributed by atoms with E-state index >= 15 is 0 Å². The lowest BCUT2D eigenvalue weighted by atomic mass is 9.58. The predicted octanol–water partition coefficient (Wildman–Crippen LogP) is 3.68. The molecule has 3 nitrogen and oxygen atoms in total. The molecule has 3 heteroatoms. The van der Waals surface area contributed by atoms with Crippen LogP contribution in [0.2, 0.25) is 0 Å². The minimum atomic E-state index is -0.632. The average molecular weight is 322 g/mol. The molecule has 7 atom stereocenters. The van der Waals surface area contributed by atoms with Gasteiger partial charge in [0, 0.05) is 0 Å². The Labute approximate surface area is 141 Å². The monoisotopic (exact) mass is 322 g/mol. The van der Waals surface area contributed by atoms with Crippen LogP contribution in [-0.2, 0) is 4.74 Å². The van der Waals surface area contributed by atoms with Crippen LogP contribution in [0.1, 0.15) is 66.2 Å². The van der Waals surface area contributed by atoms with Crippen molar-refractivity contribution in [2.75, 3.05) is 0 Å². The fourth-order valence-electron chi connectivity index (χ4n) is 5.34. The molecule has 132 valence electrons. The predicted molar refractivity (Wildman–Crippen MR) is 92.1 cm³/mol. The Bertz CT molecular complexity index is 470. The maximum atomic E-state index is 11.1. The van der Waals surface area contributed by atoms with Crippen molar-refractivity contribution in [3.05, 3.63) is 12.2 Å². The highest BCUT2D eigenvalue weighted by Crippen LogP contribution is 2.57. The van der Waals surface area contributed by atoms with E-state index < -0.39 is 11.7 Å². The summed E-state index contributed by atoms with van der Waals surface area (Å²) in [6.45, 7) is 12.9. The summed E-state index contributed by atoms with van der Waals surface area (Å²) in [5, 5.41) is 21.4. The molecule has 0 aromatic rings. The number of aliphatic hydroxyl groups excluding tert-OH is 1. The lowest BCUT2D eigenvalue weighted by Gasteiger charge is -2.49. The van der Waals surface area contributed by atoms with Crippen LogP contribution in [0.15, 0.2) is 12.2 Å². The lowest BCUT2D eigenvalue weighted by Crippen LogP contribution is -2.50. The van der Waals surface area contributed by atoms with Crippen molar-refractivity contribution in [1.82, 2.24) is 0 Å². The quantitative estimate of drug-likeness (QED) is 0.572. The summed E-state index contributed by atoms with van der Waals surface area (Å²) in [4.78, 5) is 0. The fourth-order valence-corrected chi connectivity index (χ4v) is 5.34. The molecule has 3 rings (SSSR count). The molecule has 1 saturated heterocycles. The van der Waals surface area contributed by atoms with Gasteiger partial charge >= 0.3 is 0 Å². The molecular weight excluding hydrogens is 288 g/mol. The molecule has 0 radical (unpaired) electrons. The van der Waals surface area contributed by atoms with Crippen LogP contribution in [0.3, 0.4) is 0 Å². The lowest BCUT2D eigenvalue weighted by molar-refractivity contribution is -0.0977. The maximum absolute atomic E-state index is 11.1. The van der Waals surface area contributed by atoms with E-state index in [1.807, 2.05) is 6.92 Å². The summed E-state index contributed by atoms with van der Waals surface area (Å²) in [7, 11) is 0. The molecule has 3 fully saturated rings. The van der Waals surface area contributed by atoms with Crippen molar-refractivity contribution in [2.24, 2.45) is 23.7 Å². The van der Waals surface area contributed by atoms with Crippen LogP contribution >= 0.6 is 0 Å². The molecule has 1 heterocycles. The number of ether oxygens (including phenoxy) is 1. The van der Waals surface area contributed by atoms with Gasteiger partial charge in [-0.1, -0.05) is 20.4 Å². The third-order valence-corrected chi connectivity index (χ3v) is 7.05. The number of hydrogen-bond acceptors (Lipinski definition) is 3. The number of fused-ring (bicyclic) bond motifs is 3. The standard InChI is InChI=1S/C20H34O3/c1-12(2)14-8-10-19(4,22)15-7-6-13(3)16(21)9-11-20(5)18(23-20)17(14)15/h12,14-18,21-22H,3,6-11H2,1-2,4-5H3. The molecule has 0 spiro atoms. The van der Waals surface area contributed by atoms with Gasteiger partial charge in [0.2, 0.25) is 0 Å². The third kappa shape index (κ3) is 3.12. The molecule has 0 amide bonds. The summed E-state index contributed by atoms with van der Waals surface area (Å²) >= 11 is 0. The van der Waals surface area contributed by atoms with E-state index in [9.17, 15) is 10.2 Å². The Hall–Kier alpha value is -0.380.